The van der Waals surface area contributed by atoms with E-state index >= 15 is 0 Å². The second-order valence-corrected chi connectivity index (χ2v) is 8.00. The van der Waals surface area contributed by atoms with Gasteiger partial charge in [-0.05, 0) is 57.0 Å². The highest BCUT2D eigenvalue weighted by Crippen LogP contribution is 2.26. The van der Waals surface area contributed by atoms with Crippen molar-refractivity contribution < 1.29 is 8.42 Å². The summed E-state index contributed by atoms with van der Waals surface area (Å²) in [5.74, 6) is 0. The number of nitrogens with zero attached hydrogens (tertiary/aromatic N) is 2. The molecule has 0 aliphatic carbocycles. The lowest BCUT2D eigenvalue weighted by Gasteiger charge is -2.25. The van der Waals surface area contributed by atoms with Gasteiger partial charge in [0.2, 0.25) is 10.0 Å². The first kappa shape index (κ1) is 14.8. The average molecular weight is 309 g/mol. The lowest BCUT2D eigenvalue weighted by molar-refractivity contribution is 0.257. The molecule has 1 aromatic carbocycles. The molecular formula is C15H23N3O2S. The number of rotatable bonds is 2. The Balaban J connectivity index is 1.88. The molecule has 1 unspecified atom stereocenters. The minimum atomic E-state index is -3.44. The zero-order valence-corrected chi connectivity index (χ0v) is 13.3. The fraction of sp³-hybridized carbons (Fsp3) is 0.600. The highest BCUT2D eigenvalue weighted by molar-refractivity contribution is 7.89. The van der Waals surface area contributed by atoms with Gasteiger partial charge in [-0.1, -0.05) is 6.07 Å². The standard InChI is InChI=1S/C15H23N3O2S/c1-12-5-6-14(10-15(12)16)21(19,20)18-9-3-8-17-7-2-4-13(17)11-18/h5-6,10,13H,2-4,7-9,11,16H2,1H3. The van der Waals surface area contributed by atoms with Gasteiger partial charge in [0.25, 0.3) is 0 Å². The van der Waals surface area contributed by atoms with E-state index < -0.39 is 10.0 Å². The van der Waals surface area contributed by atoms with Gasteiger partial charge in [-0.15, -0.1) is 0 Å². The van der Waals surface area contributed by atoms with Gasteiger partial charge in [0.1, 0.15) is 0 Å². The Hall–Kier alpha value is -1.11. The van der Waals surface area contributed by atoms with Crippen molar-refractivity contribution in [2.45, 2.75) is 37.1 Å². The zero-order chi connectivity index (χ0) is 15.0. The Morgan fingerprint density at radius 1 is 1.19 bits per heavy atom. The van der Waals surface area contributed by atoms with Crippen molar-refractivity contribution in [2.24, 2.45) is 0 Å². The lowest BCUT2D eigenvalue weighted by atomic mass is 10.2. The van der Waals surface area contributed by atoms with Crippen molar-refractivity contribution >= 4 is 15.7 Å². The van der Waals surface area contributed by atoms with Crippen LogP contribution in [-0.4, -0.2) is 49.8 Å². The topological polar surface area (TPSA) is 66.6 Å². The molecule has 1 aromatic rings. The van der Waals surface area contributed by atoms with Gasteiger partial charge < -0.3 is 5.73 Å². The molecule has 2 aliphatic rings. The summed E-state index contributed by atoms with van der Waals surface area (Å²) in [6.07, 6.45) is 3.18. The molecule has 0 spiro atoms. The second kappa shape index (κ2) is 5.59. The van der Waals surface area contributed by atoms with Crippen LogP contribution in [-0.2, 0) is 10.0 Å². The third kappa shape index (κ3) is 2.80. The number of nitrogens with two attached hydrogens (primary N) is 1. The summed E-state index contributed by atoms with van der Waals surface area (Å²) in [5.41, 5.74) is 7.32. The molecule has 0 amide bonds. The van der Waals surface area contributed by atoms with E-state index in [1.807, 2.05) is 6.92 Å². The van der Waals surface area contributed by atoms with Gasteiger partial charge in [-0.2, -0.15) is 4.31 Å². The van der Waals surface area contributed by atoms with E-state index in [9.17, 15) is 8.42 Å². The summed E-state index contributed by atoms with van der Waals surface area (Å²) in [7, 11) is -3.44. The number of anilines is 1. The van der Waals surface area contributed by atoms with Crippen LogP contribution < -0.4 is 5.73 Å². The van der Waals surface area contributed by atoms with Gasteiger partial charge >= 0.3 is 0 Å². The van der Waals surface area contributed by atoms with Gasteiger partial charge in [0, 0.05) is 24.8 Å². The number of aryl methyl sites for hydroxylation is 1. The van der Waals surface area contributed by atoms with E-state index in [4.69, 9.17) is 5.73 Å². The summed E-state index contributed by atoms with van der Waals surface area (Å²) in [4.78, 5) is 2.75. The van der Waals surface area contributed by atoms with Gasteiger partial charge in [-0.25, -0.2) is 8.42 Å². The Morgan fingerprint density at radius 3 is 2.71 bits per heavy atom. The Labute approximate surface area is 126 Å². The van der Waals surface area contributed by atoms with Crippen LogP contribution in [0.5, 0.6) is 0 Å². The molecule has 3 rings (SSSR count). The number of hydrogen-bond donors (Lipinski definition) is 1. The van der Waals surface area contributed by atoms with Crippen LogP contribution in [0.1, 0.15) is 24.8 Å². The molecule has 2 saturated heterocycles. The molecule has 0 radical (unpaired) electrons. The van der Waals surface area contributed by atoms with E-state index in [2.05, 4.69) is 4.90 Å². The summed E-state index contributed by atoms with van der Waals surface area (Å²) >= 11 is 0. The molecule has 1 atom stereocenters. The molecule has 0 saturated carbocycles. The SMILES string of the molecule is Cc1ccc(S(=O)(=O)N2CCCN3CCCC3C2)cc1N. The van der Waals surface area contributed by atoms with E-state index in [1.165, 1.54) is 6.42 Å². The highest BCUT2D eigenvalue weighted by Gasteiger charge is 2.34. The molecule has 2 aliphatic heterocycles. The van der Waals surface area contributed by atoms with Crippen molar-refractivity contribution in [3.8, 4) is 0 Å². The first-order valence-corrected chi connectivity index (χ1v) is 9.03. The maximum Gasteiger partial charge on any atom is 0.243 e. The minimum absolute atomic E-state index is 0.317. The van der Waals surface area contributed by atoms with Gasteiger partial charge in [-0.3, -0.25) is 4.90 Å². The molecule has 0 bridgehead atoms. The van der Waals surface area contributed by atoms with Crippen LogP contribution in [0.25, 0.3) is 0 Å². The molecule has 2 N–H and O–H groups in total. The van der Waals surface area contributed by atoms with E-state index in [-0.39, 0.29) is 0 Å². The maximum absolute atomic E-state index is 12.8. The average Bonchev–Trinajstić information content (AvgIpc) is 2.78. The predicted octanol–water partition coefficient (Wildman–Crippen LogP) is 1.44. The van der Waals surface area contributed by atoms with Crippen LogP contribution in [0.4, 0.5) is 5.69 Å². The minimum Gasteiger partial charge on any atom is -0.398 e. The van der Waals surface area contributed by atoms with Crippen LogP contribution in [0.15, 0.2) is 23.1 Å². The smallest absolute Gasteiger partial charge is 0.243 e. The van der Waals surface area contributed by atoms with Crippen LogP contribution in [0.2, 0.25) is 0 Å². The van der Waals surface area contributed by atoms with E-state index in [0.717, 1.165) is 31.5 Å². The van der Waals surface area contributed by atoms with Gasteiger partial charge in [0.15, 0.2) is 0 Å². The van der Waals surface area contributed by atoms with Crippen molar-refractivity contribution in [3.63, 3.8) is 0 Å². The number of benzene rings is 1. The van der Waals surface area contributed by atoms with E-state index in [1.54, 1.807) is 22.5 Å². The normalized spacial score (nSPS) is 24.7. The van der Waals surface area contributed by atoms with Crippen molar-refractivity contribution in [1.82, 2.24) is 9.21 Å². The molecule has 2 heterocycles. The monoisotopic (exact) mass is 309 g/mol. The lowest BCUT2D eigenvalue weighted by Crippen LogP contribution is -2.39. The largest absolute Gasteiger partial charge is 0.398 e. The van der Waals surface area contributed by atoms with E-state index in [0.29, 0.717) is 29.7 Å². The number of sulfonamides is 1. The first-order chi connectivity index (χ1) is 9.98. The highest BCUT2D eigenvalue weighted by atomic mass is 32.2. The third-order valence-electron chi connectivity index (χ3n) is 4.65. The quantitative estimate of drug-likeness (QED) is 0.840. The van der Waals surface area contributed by atoms with Crippen molar-refractivity contribution in [1.29, 1.82) is 0 Å². The summed E-state index contributed by atoms with van der Waals surface area (Å²) in [6, 6.07) is 5.41. The number of fused-ring (bicyclic) bond motifs is 1. The Kier molecular flexibility index (Phi) is 3.94. The predicted molar refractivity (Wildman–Crippen MR) is 83.6 cm³/mol. The first-order valence-electron chi connectivity index (χ1n) is 7.59. The molecule has 0 aromatic heterocycles. The van der Waals surface area contributed by atoms with Crippen molar-refractivity contribution in [2.75, 3.05) is 31.9 Å². The number of nitrogen functional groups attached to an aromatic ring is 1. The second-order valence-electron chi connectivity index (χ2n) is 6.07. The molecule has 116 valence electrons. The fourth-order valence-corrected chi connectivity index (χ4v) is 4.87. The summed E-state index contributed by atoms with van der Waals surface area (Å²) < 4.78 is 27.3. The summed E-state index contributed by atoms with van der Waals surface area (Å²) in [5, 5.41) is 0. The molecule has 6 heteroatoms. The van der Waals surface area contributed by atoms with Crippen LogP contribution >= 0.6 is 0 Å². The van der Waals surface area contributed by atoms with Crippen molar-refractivity contribution in [3.05, 3.63) is 23.8 Å². The Morgan fingerprint density at radius 2 is 1.95 bits per heavy atom. The fourth-order valence-electron chi connectivity index (χ4n) is 3.32. The van der Waals surface area contributed by atoms with Crippen LogP contribution in [0.3, 0.4) is 0 Å². The molecule has 5 nitrogen and oxygen atoms in total. The molecule has 21 heavy (non-hydrogen) atoms. The number of hydrogen-bond acceptors (Lipinski definition) is 4. The Bertz CT molecular complexity index is 630. The van der Waals surface area contributed by atoms with Crippen LogP contribution in [0, 0.1) is 6.92 Å². The zero-order valence-electron chi connectivity index (χ0n) is 12.5. The third-order valence-corrected chi connectivity index (χ3v) is 6.52. The molecular weight excluding hydrogens is 286 g/mol. The van der Waals surface area contributed by atoms with Gasteiger partial charge in [0.05, 0.1) is 4.90 Å². The molecule has 2 fully saturated rings. The maximum atomic E-state index is 12.8. The summed E-state index contributed by atoms with van der Waals surface area (Å²) in [6.45, 7) is 5.20.